The van der Waals surface area contributed by atoms with Gasteiger partial charge >= 0.3 is 35.5 Å². The fraction of sp³-hybridized carbons (Fsp3) is 0.650. The van der Waals surface area contributed by atoms with Gasteiger partial charge in [0.25, 0.3) is 0 Å². The van der Waals surface area contributed by atoms with Crippen LogP contribution < -0.4 is 34.7 Å². The third kappa shape index (κ3) is 9.71. The Morgan fingerprint density at radius 1 is 0.917 bits per heavy atom. The molecule has 0 atom stereocenters. The van der Waals surface area contributed by atoms with Gasteiger partial charge in [-0.1, -0.05) is 83.3 Å². The van der Waals surface area contributed by atoms with Crippen molar-refractivity contribution in [3.8, 4) is 5.75 Å². The number of carboxylic acids is 1. The first-order valence-corrected chi connectivity index (χ1v) is 9.19. The summed E-state index contributed by atoms with van der Waals surface area (Å²) in [6.45, 7) is 2.24. The molecule has 1 aromatic rings. The molecule has 0 amide bonds. The summed E-state index contributed by atoms with van der Waals surface area (Å²) in [5, 5.41) is 20.9. The first-order chi connectivity index (χ1) is 11.2. The van der Waals surface area contributed by atoms with Crippen molar-refractivity contribution >= 4 is 5.97 Å². The maximum atomic E-state index is 11.8. The van der Waals surface area contributed by atoms with Crippen molar-refractivity contribution in [3.05, 3.63) is 29.3 Å². The van der Waals surface area contributed by atoms with Gasteiger partial charge in [0.15, 0.2) is 0 Å². The third-order valence-electron chi connectivity index (χ3n) is 4.39. The number of rotatable bonds is 13. The average Bonchev–Trinajstić information content (AvgIpc) is 2.53. The van der Waals surface area contributed by atoms with Gasteiger partial charge < -0.3 is 10.2 Å². The van der Waals surface area contributed by atoms with Crippen molar-refractivity contribution < 1.29 is 44.6 Å². The van der Waals surface area contributed by atoms with E-state index in [1.807, 2.05) is 0 Å². The predicted molar refractivity (Wildman–Crippen MR) is 93.0 cm³/mol. The fourth-order valence-electron chi connectivity index (χ4n) is 2.99. The van der Waals surface area contributed by atoms with E-state index in [1.54, 1.807) is 0 Å². The summed E-state index contributed by atoms with van der Waals surface area (Å²) < 4.78 is 0. The van der Waals surface area contributed by atoms with E-state index in [-0.39, 0.29) is 40.9 Å². The number of unbranched alkanes of at least 4 members (excludes halogenated alkanes) is 10. The van der Waals surface area contributed by atoms with E-state index < -0.39 is 5.97 Å². The Kier molecular flexibility index (Phi) is 14.5. The number of hydrogen-bond donors (Lipinski definition) is 1. The van der Waals surface area contributed by atoms with Crippen LogP contribution in [0.5, 0.6) is 5.75 Å². The second-order valence-electron chi connectivity index (χ2n) is 6.37. The van der Waals surface area contributed by atoms with Crippen LogP contribution in [0, 0.1) is 0 Å². The monoisotopic (exact) mass is 342 g/mol. The molecule has 0 saturated carbocycles. The maximum Gasteiger partial charge on any atom is 1.00 e. The Hall–Kier alpha value is -0.510. The smallest absolute Gasteiger partial charge is 0.872 e. The quantitative estimate of drug-likeness (QED) is 0.442. The van der Waals surface area contributed by atoms with Crippen LogP contribution in [0.15, 0.2) is 18.2 Å². The summed E-state index contributed by atoms with van der Waals surface area (Å²) in [7, 11) is 0. The molecule has 0 aliphatic carbocycles. The number of aromatic carboxylic acids is 1. The van der Waals surface area contributed by atoms with Gasteiger partial charge in [-0.2, -0.15) is 0 Å². The molecule has 1 rings (SSSR count). The van der Waals surface area contributed by atoms with Gasteiger partial charge in [0, 0.05) is 0 Å². The van der Waals surface area contributed by atoms with E-state index in [0.29, 0.717) is 12.0 Å². The Labute approximate surface area is 169 Å². The van der Waals surface area contributed by atoms with Crippen molar-refractivity contribution in [1.29, 1.82) is 0 Å². The zero-order chi connectivity index (χ0) is 16.9. The minimum Gasteiger partial charge on any atom is -0.872 e. The molecule has 3 nitrogen and oxygen atoms in total. The molecule has 0 bridgehead atoms. The first kappa shape index (κ1) is 23.5. The minimum atomic E-state index is -0.999. The molecule has 1 aromatic carbocycles. The fourth-order valence-corrected chi connectivity index (χ4v) is 2.99. The molecule has 0 heterocycles. The molecule has 0 aliphatic heterocycles. The average molecular weight is 342 g/mol. The Morgan fingerprint density at radius 2 is 1.42 bits per heavy atom. The first-order valence-electron chi connectivity index (χ1n) is 9.19. The summed E-state index contributed by atoms with van der Waals surface area (Å²) in [4.78, 5) is 11.1. The van der Waals surface area contributed by atoms with Crippen molar-refractivity contribution in [2.24, 2.45) is 0 Å². The molecule has 24 heavy (non-hydrogen) atoms. The number of carboxylic acid groups (broad SMARTS) is 1. The minimum absolute atomic E-state index is 0. The van der Waals surface area contributed by atoms with E-state index in [4.69, 9.17) is 5.11 Å². The second kappa shape index (κ2) is 14.8. The Morgan fingerprint density at radius 3 is 1.92 bits per heavy atom. The van der Waals surface area contributed by atoms with Gasteiger partial charge in [0.2, 0.25) is 0 Å². The van der Waals surface area contributed by atoms with Crippen LogP contribution in [0.3, 0.4) is 0 Å². The molecule has 0 saturated heterocycles. The van der Waals surface area contributed by atoms with Crippen LogP contribution in [-0.2, 0) is 6.42 Å². The van der Waals surface area contributed by atoms with Gasteiger partial charge in [-0.05, 0) is 24.5 Å². The van der Waals surface area contributed by atoms with Gasteiger partial charge in [-0.25, -0.2) is 4.79 Å². The van der Waals surface area contributed by atoms with E-state index in [1.165, 1.54) is 76.0 Å². The van der Waals surface area contributed by atoms with Crippen LogP contribution in [0.4, 0.5) is 0 Å². The normalized spacial score (nSPS) is 10.4. The van der Waals surface area contributed by atoms with Crippen LogP contribution in [-0.4, -0.2) is 11.1 Å². The number of carbonyl (C=O) groups is 1. The van der Waals surface area contributed by atoms with Crippen molar-refractivity contribution in [2.45, 2.75) is 84.0 Å². The van der Waals surface area contributed by atoms with Gasteiger partial charge in [-0.3, -0.25) is 0 Å². The van der Waals surface area contributed by atoms with Gasteiger partial charge in [-0.15, -0.1) is 5.75 Å². The van der Waals surface area contributed by atoms with Gasteiger partial charge in [0.1, 0.15) is 0 Å². The van der Waals surface area contributed by atoms with E-state index in [0.717, 1.165) is 12.8 Å². The summed E-state index contributed by atoms with van der Waals surface area (Å²) in [6.07, 6.45) is 14.4. The zero-order valence-electron chi connectivity index (χ0n) is 15.5. The SMILES string of the molecule is CCCCCCCCCCCCCc1c([O-])cccc1C(=O)O.[Na+]. The molecular weight excluding hydrogens is 311 g/mol. The second-order valence-corrected chi connectivity index (χ2v) is 6.37. The predicted octanol–water partition coefficient (Wildman–Crippen LogP) is 2.32. The topological polar surface area (TPSA) is 60.4 Å². The van der Waals surface area contributed by atoms with Crippen molar-refractivity contribution in [3.63, 3.8) is 0 Å². The van der Waals surface area contributed by atoms with Crippen LogP contribution in [0.25, 0.3) is 0 Å². The van der Waals surface area contributed by atoms with E-state index >= 15 is 0 Å². The third-order valence-corrected chi connectivity index (χ3v) is 4.39. The van der Waals surface area contributed by atoms with Crippen molar-refractivity contribution in [1.82, 2.24) is 0 Å². The molecule has 1 N–H and O–H groups in total. The summed E-state index contributed by atoms with van der Waals surface area (Å²) >= 11 is 0. The molecule has 0 unspecified atom stereocenters. The summed E-state index contributed by atoms with van der Waals surface area (Å²) in [5.41, 5.74) is 0.639. The van der Waals surface area contributed by atoms with Gasteiger partial charge in [0.05, 0.1) is 5.56 Å². The van der Waals surface area contributed by atoms with Crippen LogP contribution in [0.1, 0.15) is 93.5 Å². The number of benzene rings is 1. The summed E-state index contributed by atoms with van der Waals surface area (Å²) in [5.74, 6) is -1.14. The zero-order valence-corrected chi connectivity index (χ0v) is 17.5. The molecule has 0 spiro atoms. The molecule has 4 heteroatoms. The maximum absolute atomic E-state index is 11.8. The Bertz CT molecular complexity index is 460. The Balaban J connectivity index is 0.00000529. The molecule has 0 aliphatic rings. The van der Waals surface area contributed by atoms with E-state index in [9.17, 15) is 9.90 Å². The molecule has 130 valence electrons. The molecular formula is C20H31NaO3. The van der Waals surface area contributed by atoms with E-state index in [2.05, 4.69) is 6.92 Å². The van der Waals surface area contributed by atoms with Crippen LogP contribution in [0.2, 0.25) is 0 Å². The largest absolute Gasteiger partial charge is 1.00 e. The van der Waals surface area contributed by atoms with Crippen LogP contribution >= 0.6 is 0 Å². The number of hydrogen-bond acceptors (Lipinski definition) is 2. The van der Waals surface area contributed by atoms with Crippen molar-refractivity contribution in [2.75, 3.05) is 0 Å². The molecule has 0 radical (unpaired) electrons. The molecule has 0 aromatic heterocycles. The standard InChI is InChI=1S/C20H32O3.Na/c1-2-3-4-5-6-7-8-9-10-11-12-14-17-18(20(22)23)15-13-16-19(17)21;/h13,15-16,21H,2-12,14H2,1H3,(H,22,23);/q;+1/p-1. The summed E-state index contributed by atoms with van der Waals surface area (Å²) in [6, 6.07) is 4.51. The molecule has 0 fully saturated rings.